The number of rotatable bonds is 8. The van der Waals surface area contributed by atoms with Crippen molar-refractivity contribution >= 4 is 17.6 Å². The number of piperazine rings is 1. The van der Waals surface area contributed by atoms with Gasteiger partial charge >= 0.3 is 5.97 Å². The van der Waals surface area contributed by atoms with Gasteiger partial charge in [0.15, 0.2) is 0 Å². The van der Waals surface area contributed by atoms with Crippen LogP contribution >= 0.6 is 0 Å². The smallest absolute Gasteiger partial charge is 0.308 e. The fourth-order valence-corrected chi connectivity index (χ4v) is 3.35. The molecule has 0 aliphatic carbocycles. The van der Waals surface area contributed by atoms with Gasteiger partial charge in [-0.2, -0.15) is 0 Å². The number of amides is 1. The molecule has 3 rings (SSSR count). The largest absolute Gasteiger partial charge is 0.481 e. The van der Waals surface area contributed by atoms with Gasteiger partial charge in [0, 0.05) is 57.6 Å². The Labute approximate surface area is 165 Å². The highest BCUT2D eigenvalue weighted by Gasteiger charge is 2.26. The first-order valence-electron chi connectivity index (χ1n) is 9.52. The molecule has 1 aromatic carbocycles. The second-order valence-corrected chi connectivity index (χ2v) is 7.05. The van der Waals surface area contributed by atoms with Crippen LogP contribution < -0.4 is 5.32 Å². The Bertz CT molecular complexity index is 762. The van der Waals surface area contributed by atoms with Gasteiger partial charge in [0.25, 0.3) is 0 Å². The maximum absolute atomic E-state index is 12.2. The number of para-hydroxylation sites is 1. The summed E-state index contributed by atoms with van der Waals surface area (Å²) in [4.78, 5) is 32.7. The van der Waals surface area contributed by atoms with E-state index in [-0.39, 0.29) is 12.3 Å². The molecule has 0 radical (unpaired) electrons. The van der Waals surface area contributed by atoms with Crippen LogP contribution in [0.1, 0.15) is 12.1 Å². The summed E-state index contributed by atoms with van der Waals surface area (Å²) in [6.07, 6.45) is 1.77. The van der Waals surface area contributed by atoms with Crippen LogP contribution in [0.5, 0.6) is 0 Å². The van der Waals surface area contributed by atoms with Crippen LogP contribution in [0.2, 0.25) is 0 Å². The highest BCUT2D eigenvalue weighted by Crippen LogP contribution is 2.13. The van der Waals surface area contributed by atoms with Crippen LogP contribution in [0, 0.1) is 5.92 Å². The van der Waals surface area contributed by atoms with Crippen LogP contribution in [-0.2, 0) is 16.1 Å². The number of anilines is 1. The zero-order valence-corrected chi connectivity index (χ0v) is 15.8. The van der Waals surface area contributed by atoms with E-state index in [1.165, 1.54) is 0 Å². The molecule has 7 nitrogen and oxygen atoms in total. The number of nitrogens with one attached hydrogen (secondary N) is 1. The van der Waals surface area contributed by atoms with Gasteiger partial charge in [-0.3, -0.25) is 24.4 Å². The van der Waals surface area contributed by atoms with Gasteiger partial charge in [-0.25, -0.2) is 0 Å². The molecule has 1 fully saturated rings. The number of carboxylic acids is 1. The molecule has 2 heterocycles. The van der Waals surface area contributed by atoms with Gasteiger partial charge in [0.2, 0.25) is 5.91 Å². The molecule has 0 saturated carbocycles. The molecule has 7 heteroatoms. The fraction of sp³-hybridized carbons (Fsp3) is 0.381. The van der Waals surface area contributed by atoms with Crippen molar-refractivity contribution in [2.45, 2.75) is 13.0 Å². The topological polar surface area (TPSA) is 85.8 Å². The molecule has 1 saturated heterocycles. The molecular formula is C21H26N4O3. The second kappa shape index (κ2) is 9.96. The quantitative estimate of drug-likeness (QED) is 0.726. The summed E-state index contributed by atoms with van der Waals surface area (Å²) in [5, 5.41) is 12.3. The molecular weight excluding hydrogens is 356 g/mol. The van der Waals surface area contributed by atoms with E-state index in [1.807, 2.05) is 36.4 Å². The van der Waals surface area contributed by atoms with Crippen molar-refractivity contribution in [1.82, 2.24) is 14.8 Å². The Morgan fingerprint density at radius 1 is 1.00 bits per heavy atom. The Balaban J connectivity index is 1.46. The van der Waals surface area contributed by atoms with Gasteiger partial charge in [-0.15, -0.1) is 0 Å². The molecule has 0 unspecified atom stereocenters. The molecule has 1 aliphatic heterocycles. The number of aromatic nitrogens is 1. The molecule has 1 aromatic heterocycles. The summed E-state index contributed by atoms with van der Waals surface area (Å²) in [5.41, 5.74) is 1.72. The van der Waals surface area contributed by atoms with Crippen molar-refractivity contribution in [3.8, 4) is 0 Å². The van der Waals surface area contributed by atoms with Gasteiger partial charge < -0.3 is 10.4 Å². The lowest BCUT2D eigenvalue weighted by molar-refractivity contribution is -0.144. The summed E-state index contributed by atoms with van der Waals surface area (Å²) in [6.45, 7) is 4.48. The molecule has 1 amide bonds. The summed E-state index contributed by atoms with van der Waals surface area (Å²) >= 11 is 0. The van der Waals surface area contributed by atoms with Gasteiger partial charge in [0.05, 0.1) is 11.6 Å². The van der Waals surface area contributed by atoms with Crippen LogP contribution in [-0.4, -0.2) is 64.5 Å². The maximum atomic E-state index is 12.2. The number of carboxylic acid groups (broad SMARTS) is 1. The number of carbonyl (C=O) groups is 2. The van der Waals surface area contributed by atoms with Gasteiger partial charge in [-0.1, -0.05) is 24.3 Å². The third-order valence-corrected chi connectivity index (χ3v) is 4.89. The van der Waals surface area contributed by atoms with Crippen molar-refractivity contribution < 1.29 is 14.7 Å². The molecule has 1 aliphatic rings. The van der Waals surface area contributed by atoms with Crippen molar-refractivity contribution in [2.75, 3.05) is 38.0 Å². The normalized spacial score (nSPS) is 16.4. The summed E-state index contributed by atoms with van der Waals surface area (Å²) in [7, 11) is 0. The predicted octanol–water partition coefficient (Wildman–Crippen LogP) is 1.93. The lowest BCUT2D eigenvalue weighted by atomic mass is 10.0. The number of carbonyl (C=O) groups excluding carboxylic acids is 1. The van der Waals surface area contributed by atoms with Crippen LogP contribution in [0.15, 0.2) is 54.7 Å². The Morgan fingerprint density at radius 3 is 2.32 bits per heavy atom. The zero-order chi connectivity index (χ0) is 19.8. The molecule has 2 N–H and O–H groups in total. The first-order valence-corrected chi connectivity index (χ1v) is 9.52. The van der Waals surface area contributed by atoms with Crippen LogP contribution in [0.4, 0.5) is 5.69 Å². The average molecular weight is 382 g/mol. The molecule has 0 spiro atoms. The van der Waals surface area contributed by atoms with Crippen molar-refractivity contribution in [1.29, 1.82) is 0 Å². The van der Waals surface area contributed by atoms with Crippen LogP contribution in [0.25, 0.3) is 0 Å². The molecule has 1 atom stereocenters. The highest BCUT2D eigenvalue weighted by molar-refractivity contribution is 5.93. The first-order chi connectivity index (χ1) is 13.6. The third-order valence-electron chi connectivity index (χ3n) is 4.89. The Kier molecular flexibility index (Phi) is 7.11. The van der Waals surface area contributed by atoms with Gasteiger partial charge in [0.1, 0.15) is 0 Å². The molecule has 2 aromatic rings. The van der Waals surface area contributed by atoms with E-state index in [2.05, 4.69) is 20.1 Å². The maximum Gasteiger partial charge on any atom is 0.308 e. The number of pyridine rings is 1. The third kappa shape index (κ3) is 6.14. The Morgan fingerprint density at radius 2 is 1.68 bits per heavy atom. The van der Waals surface area contributed by atoms with Crippen molar-refractivity contribution in [2.24, 2.45) is 5.92 Å². The predicted molar refractivity (Wildman–Crippen MR) is 107 cm³/mol. The minimum absolute atomic E-state index is 0.0294. The Hall–Kier alpha value is -2.77. The standard InChI is InChI=1S/C21H26N4O3/c26-20(23-18-6-2-1-3-7-18)14-17(21(27)28)15-24-10-12-25(13-11-24)16-19-8-4-5-9-22-19/h1-9,17H,10-16H2,(H,23,26)(H,27,28)/t17-/m1/s1. The van der Waals surface area contributed by atoms with Crippen molar-refractivity contribution in [3.63, 3.8) is 0 Å². The monoisotopic (exact) mass is 382 g/mol. The van der Waals surface area contributed by atoms with E-state index in [0.717, 1.165) is 38.4 Å². The molecule has 28 heavy (non-hydrogen) atoms. The second-order valence-electron chi connectivity index (χ2n) is 7.05. The number of aliphatic carboxylic acids is 1. The minimum atomic E-state index is -0.931. The molecule has 0 bridgehead atoms. The van der Waals surface area contributed by atoms with Crippen molar-refractivity contribution in [3.05, 3.63) is 60.4 Å². The molecule has 148 valence electrons. The van der Waals surface area contributed by atoms with Crippen LogP contribution in [0.3, 0.4) is 0 Å². The number of nitrogens with zero attached hydrogens (tertiary/aromatic N) is 3. The van der Waals surface area contributed by atoms with E-state index in [1.54, 1.807) is 18.3 Å². The van der Waals surface area contributed by atoms with E-state index >= 15 is 0 Å². The van der Waals surface area contributed by atoms with E-state index < -0.39 is 11.9 Å². The zero-order valence-electron chi connectivity index (χ0n) is 15.8. The van der Waals surface area contributed by atoms with Gasteiger partial charge in [-0.05, 0) is 24.3 Å². The number of hydrogen-bond donors (Lipinski definition) is 2. The number of benzene rings is 1. The summed E-state index contributed by atoms with van der Waals surface area (Å²) in [5.74, 6) is -1.92. The lowest BCUT2D eigenvalue weighted by Gasteiger charge is -2.35. The van der Waals surface area contributed by atoms with E-state index in [0.29, 0.717) is 12.2 Å². The first kappa shape index (κ1) is 20.0. The highest BCUT2D eigenvalue weighted by atomic mass is 16.4. The number of hydrogen-bond acceptors (Lipinski definition) is 5. The lowest BCUT2D eigenvalue weighted by Crippen LogP contribution is -2.48. The van der Waals surface area contributed by atoms with E-state index in [9.17, 15) is 14.7 Å². The van der Waals surface area contributed by atoms with E-state index in [4.69, 9.17) is 0 Å². The fourth-order valence-electron chi connectivity index (χ4n) is 3.35. The summed E-state index contributed by atoms with van der Waals surface area (Å²) < 4.78 is 0. The SMILES string of the molecule is O=C(C[C@H](CN1CCN(Cc2ccccn2)CC1)C(=O)O)Nc1ccccc1. The average Bonchev–Trinajstić information content (AvgIpc) is 2.70. The minimum Gasteiger partial charge on any atom is -0.481 e. The summed E-state index contributed by atoms with van der Waals surface area (Å²) in [6, 6.07) is 15.0.